The lowest BCUT2D eigenvalue weighted by Crippen LogP contribution is -2.29. The third-order valence-corrected chi connectivity index (χ3v) is 5.94. The molecule has 1 fully saturated rings. The molecule has 1 aromatic carbocycles. The molecule has 1 saturated heterocycles. The van der Waals surface area contributed by atoms with Crippen LogP contribution < -0.4 is 20.5 Å². The number of ether oxygens (including phenoxy) is 2. The van der Waals surface area contributed by atoms with Gasteiger partial charge >= 0.3 is 0 Å². The molecule has 3 aromatic heterocycles. The van der Waals surface area contributed by atoms with Gasteiger partial charge in [-0.1, -0.05) is 0 Å². The van der Waals surface area contributed by atoms with Crippen molar-refractivity contribution in [1.82, 2.24) is 30.0 Å². The number of pyridine rings is 1. The highest BCUT2D eigenvalue weighted by Crippen LogP contribution is 2.36. The summed E-state index contributed by atoms with van der Waals surface area (Å²) >= 11 is 0. The molecule has 2 aliphatic rings. The molecule has 0 radical (unpaired) electrons. The number of benzene rings is 1. The summed E-state index contributed by atoms with van der Waals surface area (Å²) in [6.07, 6.45) is 7.94. The lowest BCUT2D eigenvalue weighted by atomic mass is 10.1. The number of imidazole rings is 1. The Morgan fingerprint density at radius 3 is 2.65 bits per heavy atom. The molecule has 0 atom stereocenters. The van der Waals surface area contributed by atoms with Gasteiger partial charge in [0, 0.05) is 35.7 Å². The van der Waals surface area contributed by atoms with Crippen LogP contribution in [0.4, 0.5) is 5.82 Å². The van der Waals surface area contributed by atoms with E-state index in [1.165, 1.54) is 0 Å². The van der Waals surface area contributed by atoms with E-state index in [2.05, 4.69) is 31.3 Å². The van der Waals surface area contributed by atoms with Gasteiger partial charge in [0.25, 0.3) is 0 Å². The number of aromatic nitrogens is 5. The number of nitrogens with two attached hydrogens (primary N) is 1. The smallest absolute Gasteiger partial charge is 0.163 e. The summed E-state index contributed by atoms with van der Waals surface area (Å²) < 4.78 is 13.4. The summed E-state index contributed by atoms with van der Waals surface area (Å²) in [4.78, 5) is 12.5. The second-order valence-electron chi connectivity index (χ2n) is 7.95. The van der Waals surface area contributed by atoms with Crippen molar-refractivity contribution in [3.8, 4) is 34.0 Å². The van der Waals surface area contributed by atoms with E-state index >= 15 is 0 Å². The van der Waals surface area contributed by atoms with Gasteiger partial charge < -0.3 is 25.5 Å². The van der Waals surface area contributed by atoms with Crippen LogP contribution in [-0.2, 0) is 0 Å². The van der Waals surface area contributed by atoms with Gasteiger partial charge in [0.1, 0.15) is 24.9 Å². The topological polar surface area (TPSA) is 116 Å². The lowest BCUT2D eigenvalue weighted by Gasteiger charge is -2.22. The second kappa shape index (κ2) is 7.28. The summed E-state index contributed by atoms with van der Waals surface area (Å²) in [6.45, 7) is 3.14. The van der Waals surface area contributed by atoms with Gasteiger partial charge in [-0.2, -0.15) is 5.10 Å². The maximum Gasteiger partial charge on any atom is 0.163 e. The van der Waals surface area contributed by atoms with Crippen LogP contribution in [0.1, 0.15) is 18.9 Å². The second-order valence-corrected chi connectivity index (χ2v) is 7.95. The maximum atomic E-state index is 6.22. The number of fused-ring (bicyclic) bond motifs is 2. The molecule has 6 rings (SSSR count). The molecule has 0 unspecified atom stereocenters. The summed E-state index contributed by atoms with van der Waals surface area (Å²) in [5.41, 5.74) is 10.6. The Labute approximate surface area is 178 Å². The number of aromatic amines is 1. The minimum atomic E-state index is 0.422. The predicted molar refractivity (Wildman–Crippen MR) is 117 cm³/mol. The van der Waals surface area contributed by atoms with Crippen LogP contribution in [0.2, 0.25) is 0 Å². The third-order valence-electron chi connectivity index (χ3n) is 5.94. The number of hydrogen-bond donors (Lipinski definition) is 3. The van der Waals surface area contributed by atoms with Gasteiger partial charge in [-0.25, -0.2) is 9.97 Å². The Bertz CT molecular complexity index is 1210. The molecule has 158 valence electrons. The van der Waals surface area contributed by atoms with E-state index in [1.54, 1.807) is 6.20 Å². The van der Waals surface area contributed by atoms with E-state index in [-0.39, 0.29) is 0 Å². The molecule has 9 nitrogen and oxygen atoms in total. The average molecular weight is 417 g/mol. The Balaban J connectivity index is 1.36. The van der Waals surface area contributed by atoms with Crippen molar-refractivity contribution >= 4 is 16.9 Å². The normalized spacial score (nSPS) is 16.6. The van der Waals surface area contributed by atoms with Crippen LogP contribution in [0.25, 0.3) is 33.5 Å². The van der Waals surface area contributed by atoms with Gasteiger partial charge in [-0.05, 0) is 32.0 Å². The number of H-pyrrole nitrogens is 1. The first-order chi connectivity index (χ1) is 15.2. The van der Waals surface area contributed by atoms with E-state index in [1.807, 2.05) is 24.4 Å². The Hall–Kier alpha value is -3.59. The number of hydrogen-bond acceptors (Lipinski definition) is 7. The van der Waals surface area contributed by atoms with Crippen LogP contribution in [-0.4, -0.2) is 51.0 Å². The van der Waals surface area contributed by atoms with Crippen molar-refractivity contribution in [2.24, 2.45) is 0 Å². The Morgan fingerprint density at radius 2 is 1.81 bits per heavy atom. The van der Waals surface area contributed by atoms with E-state index in [4.69, 9.17) is 20.2 Å². The summed E-state index contributed by atoms with van der Waals surface area (Å²) in [7, 11) is 0. The molecule has 0 amide bonds. The molecule has 0 spiro atoms. The SMILES string of the molecule is Nc1ncc(-c2cnn(C3CCNCC3)c2)cc1-c1nc2cc3c(cc2[nH]1)OCCO3. The van der Waals surface area contributed by atoms with Crippen molar-refractivity contribution in [3.05, 3.63) is 36.8 Å². The van der Waals surface area contributed by atoms with Crippen LogP contribution >= 0.6 is 0 Å². The number of anilines is 1. The van der Waals surface area contributed by atoms with E-state index in [0.29, 0.717) is 36.6 Å². The monoisotopic (exact) mass is 417 g/mol. The Morgan fingerprint density at radius 1 is 1.00 bits per heavy atom. The van der Waals surface area contributed by atoms with Crippen molar-refractivity contribution in [2.45, 2.75) is 18.9 Å². The third kappa shape index (κ3) is 3.27. The molecule has 4 aromatic rings. The van der Waals surface area contributed by atoms with Crippen molar-refractivity contribution < 1.29 is 9.47 Å². The zero-order valence-electron chi connectivity index (χ0n) is 17.0. The van der Waals surface area contributed by atoms with E-state index in [9.17, 15) is 0 Å². The molecular formula is C22H23N7O2. The van der Waals surface area contributed by atoms with Crippen LogP contribution in [0.3, 0.4) is 0 Å². The molecule has 0 bridgehead atoms. The highest BCUT2D eigenvalue weighted by Gasteiger charge is 2.19. The molecule has 31 heavy (non-hydrogen) atoms. The van der Waals surface area contributed by atoms with Gasteiger partial charge in [0.05, 0.1) is 28.8 Å². The molecule has 2 aliphatic heterocycles. The van der Waals surface area contributed by atoms with Crippen LogP contribution in [0.15, 0.2) is 36.8 Å². The molecule has 0 saturated carbocycles. The fourth-order valence-corrected chi connectivity index (χ4v) is 4.26. The summed E-state index contributed by atoms with van der Waals surface area (Å²) in [5, 5.41) is 7.99. The van der Waals surface area contributed by atoms with Crippen LogP contribution in [0.5, 0.6) is 11.5 Å². The minimum absolute atomic E-state index is 0.422. The first-order valence-electron chi connectivity index (χ1n) is 10.5. The highest BCUT2D eigenvalue weighted by atomic mass is 16.6. The molecule has 9 heteroatoms. The lowest BCUT2D eigenvalue weighted by molar-refractivity contribution is 0.172. The average Bonchev–Trinajstić information content (AvgIpc) is 3.46. The summed E-state index contributed by atoms with van der Waals surface area (Å²) in [6, 6.07) is 6.25. The Kier molecular flexibility index (Phi) is 4.27. The van der Waals surface area contributed by atoms with Crippen LogP contribution in [0, 0.1) is 0 Å². The molecule has 5 heterocycles. The van der Waals surface area contributed by atoms with Gasteiger partial charge in [0.15, 0.2) is 11.5 Å². The minimum Gasteiger partial charge on any atom is -0.486 e. The van der Waals surface area contributed by atoms with Crippen molar-refractivity contribution in [2.75, 3.05) is 32.0 Å². The first-order valence-corrected chi connectivity index (χ1v) is 10.5. The quantitative estimate of drug-likeness (QED) is 0.469. The predicted octanol–water partition coefficient (Wildman–Crippen LogP) is 2.77. The fourth-order valence-electron chi connectivity index (χ4n) is 4.26. The number of nitrogen functional groups attached to an aromatic ring is 1. The number of rotatable bonds is 3. The van der Waals surface area contributed by atoms with Crippen molar-refractivity contribution in [1.29, 1.82) is 0 Å². The number of nitrogens with one attached hydrogen (secondary N) is 2. The largest absolute Gasteiger partial charge is 0.486 e. The molecule has 4 N–H and O–H groups in total. The highest BCUT2D eigenvalue weighted by molar-refractivity contribution is 5.85. The number of nitrogens with zero attached hydrogens (tertiary/aromatic N) is 4. The van der Waals surface area contributed by atoms with Gasteiger partial charge in [-0.3, -0.25) is 4.68 Å². The van der Waals surface area contributed by atoms with Gasteiger partial charge in [0.2, 0.25) is 0 Å². The van der Waals surface area contributed by atoms with E-state index < -0.39 is 0 Å². The zero-order chi connectivity index (χ0) is 20.8. The van der Waals surface area contributed by atoms with Gasteiger partial charge in [-0.15, -0.1) is 0 Å². The van der Waals surface area contributed by atoms with E-state index in [0.717, 1.165) is 59.4 Å². The first kappa shape index (κ1) is 18.2. The number of piperidine rings is 1. The van der Waals surface area contributed by atoms with Crippen molar-refractivity contribution in [3.63, 3.8) is 0 Å². The summed E-state index contributed by atoms with van der Waals surface area (Å²) in [5.74, 6) is 2.52. The molecular weight excluding hydrogens is 394 g/mol. The molecule has 0 aliphatic carbocycles. The standard InChI is InChI=1S/C22H23N7O2/c23-21-16(22-27-17-8-19-20(9-18(17)28-22)31-6-5-30-19)7-13(10-25-21)14-11-26-29(12-14)15-1-3-24-4-2-15/h7-12,15,24H,1-6H2,(H2,23,25)(H,27,28). The zero-order valence-corrected chi connectivity index (χ0v) is 17.0. The maximum absolute atomic E-state index is 6.22. The fraction of sp³-hybridized carbons (Fsp3) is 0.318.